The monoisotopic (exact) mass is 242 g/mol. The van der Waals surface area contributed by atoms with Crippen LogP contribution in [0.25, 0.3) is 0 Å². The maximum Gasteiger partial charge on any atom is 0.267 e. The van der Waals surface area contributed by atoms with Crippen LogP contribution in [0.4, 0.5) is 4.39 Å². The standard InChI is InChI=1S/C8H4BrFN2O/c9-6-3-1-2-5(7(6)10)8(13)12-4-11/h1-3H,(H,12,13). The summed E-state index contributed by atoms with van der Waals surface area (Å²) >= 11 is 2.93. The van der Waals surface area contributed by atoms with E-state index < -0.39 is 11.7 Å². The van der Waals surface area contributed by atoms with E-state index in [9.17, 15) is 9.18 Å². The Kier molecular flexibility index (Phi) is 2.98. The number of benzene rings is 1. The van der Waals surface area contributed by atoms with E-state index in [1.165, 1.54) is 24.4 Å². The molecule has 0 saturated heterocycles. The molecule has 0 spiro atoms. The van der Waals surface area contributed by atoms with E-state index in [-0.39, 0.29) is 10.0 Å². The highest BCUT2D eigenvalue weighted by Crippen LogP contribution is 2.18. The summed E-state index contributed by atoms with van der Waals surface area (Å²) in [6.45, 7) is 0. The molecule has 0 radical (unpaired) electrons. The van der Waals surface area contributed by atoms with Crippen LogP contribution in [-0.4, -0.2) is 5.91 Å². The maximum absolute atomic E-state index is 13.2. The lowest BCUT2D eigenvalue weighted by Crippen LogP contribution is -2.18. The van der Waals surface area contributed by atoms with Crippen molar-refractivity contribution in [3.05, 3.63) is 34.1 Å². The number of hydrogen-bond donors (Lipinski definition) is 1. The Morgan fingerprint density at radius 2 is 2.31 bits per heavy atom. The van der Waals surface area contributed by atoms with Crippen LogP contribution in [0, 0.1) is 17.3 Å². The zero-order valence-corrected chi connectivity index (χ0v) is 7.93. The number of nitrogens with one attached hydrogen (secondary N) is 1. The van der Waals surface area contributed by atoms with Gasteiger partial charge in [-0.05, 0) is 28.1 Å². The van der Waals surface area contributed by atoms with Gasteiger partial charge in [-0.15, -0.1) is 0 Å². The highest BCUT2D eigenvalue weighted by atomic mass is 79.9. The second-order valence-electron chi connectivity index (χ2n) is 2.17. The molecule has 66 valence electrons. The first-order chi connectivity index (χ1) is 6.16. The van der Waals surface area contributed by atoms with E-state index in [1.807, 2.05) is 5.32 Å². The lowest BCUT2D eigenvalue weighted by Gasteiger charge is -2.00. The number of carbonyl (C=O) groups is 1. The summed E-state index contributed by atoms with van der Waals surface area (Å²) in [5, 5.41) is 9.98. The number of halogens is 2. The van der Waals surface area contributed by atoms with E-state index in [4.69, 9.17) is 5.26 Å². The smallest absolute Gasteiger partial charge is 0.267 e. The molecule has 0 aliphatic heterocycles. The molecule has 3 nitrogen and oxygen atoms in total. The van der Waals surface area contributed by atoms with Crippen molar-refractivity contribution in [3.8, 4) is 6.19 Å². The fourth-order valence-electron chi connectivity index (χ4n) is 0.797. The van der Waals surface area contributed by atoms with Gasteiger partial charge < -0.3 is 0 Å². The van der Waals surface area contributed by atoms with Gasteiger partial charge in [0.1, 0.15) is 5.82 Å². The topological polar surface area (TPSA) is 52.9 Å². The van der Waals surface area contributed by atoms with Gasteiger partial charge in [0.15, 0.2) is 6.19 Å². The fraction of sp³-hybridized carbons (Fsp3) is 0. The molecule has 0 aliphatic rings. The van der Waals surface area contributed by atoms with Crippen molar-refractivity contribution in [2.75, 3.05) is 0 Å². The molecule has 0 heterocycles. The van der Waals surface area contributed by atoms with Crippen LogP contribution >= 0.6 is 15.9 Å². The predicted molar refractivity (Wildman–Crippen MR) is 47.2 cm³/mol. The molecule has 0 aromatic heterocycles. The molecular weight excluding hydrogens is 239 g/mol. The summed E-state index contributed by atoms with van der Waals surface area (Å²) in [6.07, 6.45) is 1.43. The minimum atomic E-state index is -0.749. The van der Waals surface area contributed by atoms with Crippen molar-refractivity contribution < 1.29 is 9.18 Å². The first kappa shape index (κ1) is 9.68. The van der Waals surface area contributed by atoms with Gasteiger partial charge in [0.25, 0.3) is 5.91 Å². The SMILES string of the molecule is N#CNC(=O)c1cccc(Br)c1F. The van der Waals surface area contributed by atoms with E-state index in [0.717, 1.165) is 0 Å². The second-order valence-corrected chi connectivity index (χ2v) is 3.02. The Bertz CT molecular complexity index is 386. The second kappa shape index (κ2) is 4.01. The number of amides is 1. The van der Waals surface area contributed by atoms with Crippen molar-refractivity contribution in [1.29, 1.82) is 5.26 Å². The third-order valence-electron chi connectivity index (χ3n) is 1.37. The molecule has 0 aliphatic carbocycles. The Labute approximate surface area is 82.3 Å². The largest absolute Gasteiger partial charge is 0.268 e. The minimum Gasteiger partial charge on any atom is -0.268 e. The minimum absolute atomic E-state index is 0.157. The Hall–Kier alpha value is -1.41. The van der Waals surface area contributed by atoms with E-state index in [0.29, 0.717) is 0 Å². The maximum atomic E-state index is 13.2. The normalized spacial score (nSPS) is 9.00. The van der Waals surface area contributed by atoms with Gasteiger partial charge >= 0.3 is 0 Å². The predicted octanol–water partition coefficient (Wildman–Crippen LogP) is 1.80. The molecule has 1 aromatic rings. The summed E-state index contributed by atoms with van der Waals surface area (Å²) in [7, 11) is 0. The number of rotatable bonds is 1. The molecule has 1 aromatic carbocycles. The molecule has 1 rings (SSSR count). The van der Waals surface area contributed by atoms with Gasteiger partial charge in [0.2, 0.25) is 0 Å². The van der Waals surface area contributed by atoms with Gasteiger partial charge in [-0.1, -0.05) is 6.07 Å². The first-order valence-corrected chi connectivity index (χ1v) is 4.09. The fourth-order valence-corrected chi connectivity index (χ4v) is 1.16. The van der Waals surface area contributed by atoms with E-state index >= 15 is 0 Å². The zero-order valence-electron chi connectivity index (χ0n) is 6.34. The van der Waals surface area contributed by atoms with Crippen LogP contribution in [0.15, 0.2) is 22.7 Å². The quantitative estimate of drug-likeness (QED) is 0.603. The summed E-state index contributed by atoms with van der Waals surface area (Å²) in [6, 6.07) is 4.28. The van der Waals surface area contributed by atoms with Crippen LogP contribution in [0.5, 0.6) is 0 Å². The highest BCUT2D eigenvalue weighted by molar-refractivity contribution is 9.10. The van der Waals surface area contributed by atoms with Gasteiger partial charge in [-0.2, -0.15) is 5.26 Å². The van der Waals surface area contributed by atoms with Crippen molar-refractivity contribution >= 4 is 21.8 Å². The van der Waals surface area contributed by atoms with Crippen LogP contribution < -0.4 is 5.32 Å². The van der Waals surface area contributed by atoms with E-state index in [2.05, 4.69) is 15.9 Å². The van der Waals surface area contributed by atoms with Gasteiger partial charge in [0, 0.05) is 0 Å². The van der Waals surface area contributed by atoms with Crippen molar-refractivity contribution in [3.63, 3.8) is 0 Å². The third-order valence-corrected chi connectivity index (χ3v) is 1.98. The number of nitrogens with zero attached hydrogens (tertiary/aromatic N) is 1. The van der Waals surface area contributed by atoms with Gasteiger partial charge in [-0.3, -0.25) is 10.1 Å². The number of carbonyl (C=O) groups excluding carboxylic acids is 1. The Morgan fingerprint density at radius 1 is 1.62 bits per heavy atom. The average molecular weight is 243 g/mol. The molecule has 0 saturated carbocycles. The molecule has 5 heteroatoms. The van der Waals surface area contributed by atoms with Crippen molar-refractivity contribution in [2.24, 2.45) is 0 Å². The Balaban J connectivity index is 3.09. The van der Waals surface area contributed by atoms with Crippen LogP contribution in [0.1, 0.15) is 10.4 Å². The molecule has 1 N–H and O–H groups in total. The molecule has 13 heavy (non-hydrogen) atoms. The first-order valence-electron chi connectivity index (χ1n) is 3.30. The third kappa shape index (κ3) is 2.04. The van der Waals surface area contributed by atoms with Crippen LogP contribution in [0.2, 0.25) is 0 Å². The van der Waals surface area contributed by atoms with E-state index in [1.54, 1.807) is 0 Å². The molecule has 0 fully saturated rings. The molecule has 0 unspecified atom stereocenters. The molecule has 0 atom stereocenters. The van der Waals surface area contributed by atoms with Crippen molar-refractivity contribution in [2.45, 2.75) is 0 Å². The molecule has 1 amide bonds. The van der Waals surface area contributed by atoms with Crippen LogP contribution in [0.3, 0.4) is 0 Å². The molecule has 0 bridgehead atoms. The van der Waals surface area contributed by atoms with Crippen molar-refractivity contribution in [1.82, 2.24) is 5.32 Å². The Morgan fingerprint density at radius 3 is 2.92 bits per heavy atom. The summed E-state index contributed by atoms with van der Waals surface area (Å²) < 4.78 is 13.4. The highest BCUT2D eigenvalue weighted by Gasteiger charge is 2.12. The zero-order chi connectivity index (χ0) is 9.84. The lowest BCUT2D eigenvalue weighted by atomic mass is 10.2. The summed E-state index contributed by atoms with van der Waals surface area (Å²) in [4.78, 5) is 11.0. The van der Waals surface area contributed by atoms with Gasteiger partial charge in [0.05, 0.1) is 10.0 Å². The number of nitriles is 1. The van der Waals surface area contributed by atoms with Crippen LogP contribution in [-0.2, 0) is 0 Å². The number of hydrogen-bond acceptors (Lipinski definition) is 2. The molecular formula is C8H4BrFN2O. The average Bonchev–Trinajstić information content (AvgIpc) is 2.10. The summed E-state index contributed by atoms with van der Waals surface area (Å²) in [5.74, 6) is -1.42. The van der Waals surface area contributed by atoms with Gasteiger partial charge in [-0.25, -0.2) is 4.39 Å². The lowest BCUT2D eigenvalue weighted by molar-refractivity contribution is 0.0969. The summed E-state index contributed by atoms with van der Waals surface area (Å²) in [5.41, 5.74) is -0.157.